The Kier molecular flexibility index (Phi) is 13.4. The van der Waals surface area contributed by atoms with E-state index in [1.165, 1.54) is 0 Å². The molecule has 0 amide bonds. The Morgan fingerprint density at radius 2 is 2.09 bits per heavy atom. The van der Waals surface area contributed by atoms with Crippen LogP contribution in [0.2, 0.25) is 0 Å². The predicted molar refractivity (Wildman–Crippen MR) is 115 cm³/mol. The third kappa shape index (κ3) is 7.06. The normalized spacial score (nSPS) is 24.4. The fraction of sp³-hybridized carbons (Fsp3) is 0.542. The number of carboxylic acids is 1. The summed E-state index contributed by atoms with van der Waals surface area (Å²) in [4.78, 5) is 10.7. The van der Waals surface area contributed by atoms with Gasteiger partial charge < -0.3 is 35.8 Å². The molecule has 0 radical (unpaired) electrons. The van der Waals surface area contributed by atoms with Gasteiger partial charge in [-0.1, -0.05) is 37.3 Å². The van der Waals surface area contributed by atoms with Crippen LogP contribution in [-0.4, -0.2) is 45.4 Å². The number of carbonyl (C=O) groups is 1. The minimum absolute atomic E-state index is 0. The fourth-order valence-corrected chi connectivity index (χ4v) is 4.40. The van der Waals surface area contributed by atoms with Crippen LogP contribution in [0, 0.1) is 23.7 Å². The molecule has 7 nitrogen and oxygen atoms in total. The number of benzene rings is 1. The van der Waals surface area contributed by atoms with E-state index in [0.29, 0.717) is 25.7 Å². The summed E-state index contributed by atoms with van der Waals surface area (Å²) in [5.41, 5.74) is 2.06. The van der Waals surface area contributed by atoms with Crippen LogP contribution in [0.5, 0.6) is 5.75 Å². The van der Waals surface area contributed by atoms with Crippen LogP contribution in [0.3, 0.4) is 0 Å². The zero-order valence-electron chi connectivity index (χ0n) is 19.0. The van der Waals surface area contributed by atoms with Gasteiger partial charge in [-0.05, 0) is 37.7 Å². The summed E-state index contributed by atoms with van der Waals surface area (Å²) in [6, 6.07) is 5.96. The van der Waals surface area contributed by atoms with Crippen molar-refractivity contribution in [3.05, 3.63) is 41.5 Å². The van der Waals surface area contributed by atoms with E-state index < -0.39 is 18.2 Å². The van der Waals surface area contributed by atoms with Crippen LogP contribution >= 0.6 is 0 Å². The Morgan fingerprint density at radius 3 is 2.75 bits per heavy atom. The number of ether oxygens (including phenoxy) is 1. The van der Waals surface area contributed by atoms with E-state index in [9.17, 15) is 20.1 Å². The fourth-order valence-electron chi connectivity index (χ4n) is 4.40. The van der Waals surface area contributed by atoms with E-state index >= 15 is 0 Å². The maximum atomic E-state index is 10.7. The second-order valence-electron chi connectivity index (χ2n) is 8.11. The first-order valence-electron chi connectivity index (χ1n) is 10.3. The third-order valence-corrected chi connectivity index (χ3v) is 6.03. The standard InChI is InChI=1S/C24H30O5.Na.2H2O/c1-3-4-7-15(2)19(25)13-12-17-20(26)14-21-23(17)18-10-5-8-16(24(18)29-21)9-6-11-22(27)28;;;/h5,8,10,12-13,15,17,19-21,23,25-26H,6-7,9,11,14H2,1-2H3,(H,27,28);;2*1H2/q;+1;;/p-1/b13-12+;;;/t15?,17-,19+,20+,21-,23-;;;/m0.../s1. The van der Waals surface area contributed by atoms with Crippen molar-refractivity contribution >= 4 is 5.97 Å². The van der Waals surface area contributed by atoms with Gasteiger partial charge in [-0.15, -0.1) is 11.8 Å². The Labute approximate surface area is 211 Å². The van der Waals surface area contributed by atoms with Gasteiger partial charge in [0.2, 0.25) is 0 Å². The minimum atomic E-state index is -1.04. The van der Waals surface area contributed by atoms with Gasteiger partial charge >= 0.3 is 29.6 Å². The molecule has 1 aliphatic heterocycles. The van der Waals surface area contributed by atoms with E-state index in [1.807, 2.05) is 31.2 Å². The molecule has 0 saturated heterocycles. The number of carboxylic acid groups (broad SMARTS) is 1. The van der Waals surface area contributed by atoms with E-state index in [4.69, 9.17) is 4.74 Å². The van der Waals surface area contributed by atoms with Crippen molar-refractivity contribution in [3.63, 3.8) is 0 Å². The summed E-state index contributed by atoms with van der Waals surface area (Å²) in [6.07, 6.45) is 4.80. The molecule has 1 aromatic rings. The molecule has 1 unspecified atom stereocenters. The smallest absolute Gasteiger partial charge is 0.550 e. The molecule has 0 aromatic heterocycles. The minimum Gasteiger partial charge on any atom is -0.550 e. The van der Waals surface area contributed by atoms with Crippen molar-refractivity contribution in [2.75, 3.05) is 0 Å². The van der Waals surface area contributed by atoms with E-state index in [1.54, 1.807) is 13.0 Å². The summed E-state index contributed by atoms with van der Waals surface area (Å²) in [5, 5.41) is 31.7. The Bertz CT molecular complexity index is 829. The van der Waals surface area contributed by atoms with Gasteiger partial charge in [-0.3, -0.25) is 0 Å². The number of rotatable bonds is 8. The molecule has 2 aliphatic rings. The molecule has 1 aromatic carbocycles. The van der Waals surface area contributed by atoms with E-state index in [0.717, 1.165) is 16.9 Å². The van der Waals surface area contributed by atoms with Gasteiger partial charge in [0, 0.05) is 36.2 Å². The number of aliphatic carboxylic acids is 1. The molecular formula is C24H33NaO7. The van der Waals surface area contributed by atoms with Gasteiger partial charge in [0.25, 0.3) is 0 Å². The number of aliphatic hydroxyl groups is 2. The molecule has 32 heavy (non-hydrogen) atoms. The number of para-hydroxylation sites is 1. The molecule has 6 atom stereocenters. The molecule has 3 rings (SSSR count). The van der Waals surface area contributed by atoms with Gasteiger partial charge in [-0.25, -0.2) is 0 Å². The first-order chi connectivity index (χ1) is 13.9. The number of aliphatic hydroxyl groups excluding tert-OH is 2. The second kappa shape index (κ2) is 14.0. The van der Waals surface area contributed by atoms with Crippen LogP contribution in [0.15, 0.2) is 30.4 Å². The summed E-state index contributed by atoms with van der Waals surface area (Å²) in [5.74, 6) is 5.56. The molecule has 0 spiro atoms. The quantitative estimate of drug-likeness (QED) is 0.248. The summed E-state index contributed by atoms with van der Waals surface area (Å²) in [6.45, 7) is 3.74. The maximum Gasteiger partial charge on any atom is 1.00 e. The van der Waals surface area contributed by atoms with Crippen LogP contribution in [0.25, 0.3) is 0 Å². The Hall–Kier alpha value is -1.37. The van der Waals surface area contributed by atoms with Crippen LogP contribution in [0.4, 0.5) is 0 Å². The van der Waals surface area contributed by atoms with E-state index in [-0.39, 0.29) is 70.8 Å². The second-order valence-corrected chi connectivity index (χ2v) is 8.11. The molecule has 6 N–H and O–H groups in total. The molecule has 8 heteroatoms. The number of carbonyl (C=O) groups excluding carboxylic acids is 1. The molecule has 1 saturated carbocycles. The molecular weight excluding hydrogens is 423 g/mol. The molecule has 1 heterocycles. The van der Waals surface area contributed by atoms with Crippen molar-refractivity contribution in [1.82, 2.24) is 0 Å². The van der Waals surface area contributed by atoms with Crippen LogP contribution in [0.1, 0.15) is 56.6 Å². The SMILES string of the molecule is CC#CCC(C)[C@H](O)/C=C/[C@@H]1[C@H]2c3cccc(CCCC(=O)[O-])c3O[C@H]2C[C@H]1O.O.O.[Na+]. The third-order valence-electron chi connectivity index (χ3n) is 6.03. The van der Waals surface area contributed by atoms with Crippen molar-refractivity contribution in [3.8, 4) is 17.6 Å². The molecule has 1 fully saturated rings. The average Bonchev–Trinajstić information content (AvgIpc) is 3.19. The van der Waals surface area contributed by atoms with Gasteiger partial charge in [0.1, 0.15) is 11.9 Å². The van der Waals surface area contributed by atoms with Crippen molar-refractivity contribution in [2.45, 2.75) is 70.2 Å². The number of aryl methyl sites for hydroxylation is 1. The predicted octanol–water partition coefficient (Wildman–Crippen LogP) is -2.69. The summed E-state index contributed by atoms with van der Waals surface area (Å²) >= 11 is 0. The molecule has 172 valence electrons. The summed E-state index contributed by atoms with van der Waals surface area (Å²) < 4.78 is 6.19. The van der Waals surface area contributed by atoms with Crippen molar-refractivity contribution < 1.29 is 65.4 Å². The zero-order valence-corrected chi connectivity index (χ0v) is 21.0. The molecule has 1 aliphatic carbocycles. The Balaban J connectivity index is 0.00000320. The number of hydrogen-bond acceptors (Lipinski definition) is 5. The van der Waals surface area contributed by atoms with Crippen LogP contribution in [-0.2, 0) is 11.2 Å². The van der Waals surface area contributed by atoms with Crippen molar-refractivity contribution in [1.29, 1.82) is 0 Å². The van der Waals surface area contributed by atoms with Gasteiger partial charge in [0.15, 0.2) is 0 Å². The summed E-state index contributed by atoms with van der Waals surface area (Å²) in [7, 11) is 0. The maximum absolute atomic E-state index is 10.7. The zero-order chi connectivity index (χ0) is 21.0. The first-order valence-corrected chi connectivity index (χ1v) is 10.3. The van der Waals surface area contributed by atoms with Crippen molar-refractivity contribution in [2.24, 2.45) is 11.8 Å². The monoisotopic (exact) mass is 456 g/mol. The molecule has 0 bridgehead atoms. The number of fused-ring (bicyclic) bond motifs is 3. The first kappa shape index (κ1) is 30.6. The number of hydrogen-bond donors (Lipinski definition) is 2. The largest absolute Gasteiger partial charge is 1.00 e. The van der Waals surface area contributed by atoms with Crippen LogP contribution < -0.4 is 39.4 Å². The topological polar surface area (TPSA) is 153 Å². The Morgan fingerprint density at radius 1 is 1.38 bits per heavy atom. The van der Waals surface area contributed by atoms with E-state index in [2.05, 4.69) is 11.8 Å². The average molecular weight is 457 g/mol. The van der Waals surface area contributed by atoms with Gasteiger partial charge in [-0.2, -0.15) is 0 Å². The van der Waals surface area contributed by atoms with Gasteiger partial charge in [0.05, 0.1) is 12.2 Å².